The van der Waals surface area contributed by atoms with Gasteiger partial charge in [0.25, 0.3) is 5.69 Å². The van der Waals surface area contributed by atoms with Crippen molar-refractivity contribution in [2.24, 2.45) is 10.9 Å². The van der Waals surface area contributed by atoms with Crippen LogP contribution in [0.1, 0.15) is 32.8 Å². The van der Waals surface area contributed by atoms with Gasteiger partial charge in [-0.2, -0.15) is 0 Å². The summed E-state index contributed by atoms with van der Waals surface area (Å²) in [5, 5.41) is 21.2. The molecule has 0 saturated carbocycles. The molecule has 0 spiro atoms. The van der Waals surface area contributed by atoms with E-state index in [-0.39, 0.29) is 35.2 Å². The Morgan fingerprint density at radius 1 is 1.50 bits per heavy atom. The van der Waals surface area contributed by atoms with E-state index in [0.29, 0.717) is 0 Å². The monoisotopic (exact) mass is 443 g/mol. The Morgan fingerprint density at radius 3 is 2.77 bits per heavy atom. The van der Waals surface area contributed by atoms with Gasteiger partial charge in [0.15, 0.2) is 5.17 Å². The van der Waals surface area contributed by atoms with Crippen molar-refractivity contribution < 1.29 is 28.3 Å². The summed E-state index contributed by atoms with van der Waals surface area (Å²) in [5.74, 6) is -1.09. The van der Waals surface area contributed by atoms with E-state index in [1.165, 1.54) is 0 Å². The molecule has 1 amide bonds. The first-order chi connectivity index (χ1) is 14.0. The van der Waals surface area contributed by atoms with Crippen LogP contribution in [0.25, 0.3) is 0 Å². The Hall–Kier alpha value is -2.27. The number of halogens is 2. The Morgan fingerprint density at radius 2 is 2.20 bits per heavy atom. The van der Waals surface area contributed by atoms with Gasteiger partial charge in [-0.1, -0.05) is 11.8 Å². The van der Waals surface area contributed by atoms with E-state index in [9.17, 15) is 28.8 Å². The highest BCUT2D eigenvalue weighted by molar-refractivity contribution is 8.13. The maximum atomic E-state index is 15.0. The van der Waals surface area contributed by atoms with Crippen molar-refractivity contribution in [3.63, 3.8) is 0 Å². The fourth-order valence-corrected chi connectivity index (χ4v) is 5.53. The van der Waals surface area contributed by atoms with Gasteiger partial charge in [0.05, 0.1) is 16.6 Å². The van der Waals surface area contributed by atoms with Crippen molar-refractivity contribution in [3.05, 3.63) is 39.7 Å². The lowest BCUT2D eigenvalue weighted by Gasteiger charge is -2.49. The van der Waals surface area contributed by atoms with Crippen LogP contribution in [0.5, 0.6) is 0 Å². The highest BCUT2D eigenvalue weighted by atomic mass is 32.2. The number of fused-ring (bicyclic) bond motifs is 1. The minimum absolute atomic E-state index is 0.0412. The van der Waals surface area contributed by atoms with Crippen LogP contribution in [0.15, 0.2) is 23.2 Å². The number of amidine groups is 1. The number of ether oxygens (including phenoxy) is 1. The molecule has 2 aliphatic heterocycles. The molecule has 30 heavy (non-hydrogen) atoms. The molecule has 1 aromatic carbocycles. The second kappa shape index (κ2) is 8.10. The van der Waals surface area contributed by atoms with Crippen molar-refractivity contribution in [3.8, 4) is 0 Å². The minimum atomic E-state index is -1.37. The number of nitro benzene ring substituents is 1. The number of aliphatic imine (C=N–C) groups is 1. The molecule has 0 bridgehead atoms. The number of nitrogens with zero attached hydrogens (tertiary/aromatic N) is 3. The molecule has 2 aliphatic rings. The molecule has 0 radical (unpaired) electrons. The number of hydrogen-bond donors (Lipinski definition) is 1. The largest absolute Gasteiger partial charge is 0.465 e. The first-order valence-corrected chi connectivity index (χ1v) is 10.4. The number of nitro groups is 1. The van der Waals surface area contributed by atoms with Crippen LogP contribution in [-0.4, -0.2) is 56.9 Å². The minimum Gasteiger partial charge on any atom is -0.465 e. The highest BCUT2D eigenvalue weighted by Crippen LogP contribution is 2.50. The number of thioether (sulfide) groups is 1. The molecule has 1 fully saturated rings. The quantitative estimate of drug-likeness (QED) is 0.555. The fourth-order valence-electron chi connectivity index (χ4n) is 4.00. The molecule has 164 valence electrons. The van der Waals surface area contributed by atoms with Crippen LogP contribution < -0.4 is 0 Å². The Balaban J connectivity index is 2.25. The Labute approximate surface area is 176 Å². The van der Waals surface area contributed by atoms with E-state index in [1.807, 2.05) is 0 Å². The summed E-state index contributed by atoms with van der Waals surface area (Å²) < 4.78 is 34.2. The van der Waals surface area contributed by atoms with Crippen molar-refractivity contribution in [2.45, 2.75) is 44.4 Å². The molecule has 2 heterocycles. The van der Waals surface area contributed by atoms with E-state index in [1.54, 1.807) is 20.8 Å². The van der Waals surface area contributed by atoms with Crippen LogP contribution in [0.4, 0.5) is 19.3 Å². The van der Waals surface area contributed by atoms with Gasteiger partial charge in [-0.25, -0.2) is 18.6 Å². The molecule has 11 heteroatoms. The molecule has 1 saturated heterocycles. The number of benzene rings is 1. The highest BCUT2D eigenvalue weighted by Gasteiger charge is 2.53. The Bertz CT molecular complexity index is 891. The standard InChI is InChI=1S/C19H23F2N3O5S/c1-18(2,3)23(17(25)26)16-22-19(6-7-29-15(9-20)13(19)10-30-16)12-8-11(24(27)28)4-5-14(12)21/h4-5,8,13,15H,6-7,9-10H2,1-3H3,(H,25,26). The van der Waals surface area contributed by atoms with Gasteiger partial charge in [-0.05, 0) is 26.8 Å². The van der Waals surface area contributed by atoms with E-state index in [2.05, 4.69) is 4.99 Å². The number of carbonyl (C=O) groups is 1. The first kappa shape index (κ1) is 22.4. The molecule has 1 N–H and O–H groups in total. The summed E-state index contributed by atoms with van der Waals surface area (Å²) in [7, 11) is 0. The third kappa shape index (κ3) is 3.87. The molecule has 3 atom stereocenters. The molecule has 8 nitrogen and oxygen atoms in total. The fraction of sp³-hybridized carbons (Fsp3) is 0.579. The second-order valence-corrected chi connectivity index (χ2v) is 9.25. The number of alkyl halides is 1. The number of non-ortho nitro benzene ring substituents is 1. The van der Waals surface area contributed by atoms with Gasteiger partial charge < -0.3 is 9.84 Å². The lowest BCUT2D eigenvalue weighted by atomic mass is 9.72. The normalized spacial score (nSPS) is 26.5. The molecule has 3 unspecified atom stereocenters. The van der Waals surface area contributed by atoms with Gasteiger partial charge >= 0.3 is 6.09 Å². The van der Waals surface area contributed by atoms with Crippen molar-refractivity contribution in [2.75, 3.05) is 19.0 Å². The number of amides is 1. The average Bonchev–Trinajstić information content (AvgIpc) is 2.65. The summed E-state index contributed by atoms with van der Waals surface area (Å²) in [4.78, 5) is 28.4. The van der Waals surface area contributed by atoms with E-state index in [4.69, 9.17) is 4.74 Å². The van der Waals surface area contributed by atoms with Gasteiger partial charge in [-0.15, -0.1) is 0 Å². The molecule has 3 rings (SSSR count). The smallest absolute Gasteiger partial charge is 0.413 e. The lowest BCUT2D eigenvalue weighted by Crippen LogP contribution is -2.55. The molecule has 0 aliphatic carbocycles. The van der Waals surface area contributed by atoms with Crippen LogP contribution in [-0.2, 0) is 10.3 Å². The number of rotatable bonds is 3. The summed E-state index contributed by atoms with van der Waals surface area (Å²) in [6, 6.07) is 3.16. The summed E-state index contributed by atoms with van der Waals surface area (Å²) in [5.41, 5.74) is -2.56. The molecule has 1 aromatic rings. The van der Waals surface area contributed by atoms with Gasteiger partial charge in [0.1, 0.15) is 12.5 Å². The third-order valence-electron chi connectivity index (χ3n) is 5.40. The Kier molecular flexibility index (Phi) is 6.06. The van der Waals surface area contributed by atoms with Crippen molar-refractivity contribution >= 4 is 28.7 Å². The third-order valence-corrected chi connectivity index (χ3v) is 6.45. The van der Waals surface area contributed by atoms with Gasteiger partial charge in [0.2, 0.25) is 0 Å². The van der Waals surface area contributed by atoms with E-state index in [0.717, 1.165) is 34.9 Å². The van der Waals surface area contributed by atoms with Crippen LogP contribution in [0.3, 0.4) is 0 Å². The topological polar surface area (TPSA) is 105 Å². The van der Waals surface area contributed by atoms with Crippen molar-refractivity contribution in [1.29, 1.82) is 0 Å². The molecular weight excluding hydrogens is 420 g/mol. The van der Waals surface area contributed by atoms with E-state index < -0.39 is 46.6 Å². The van der Waals surface area contributed by atoms with Crippen LogP contribution in [0, 0.1) is 21.8 Å². The zero-order valence-corrected chi connectivity index (χ0v) is 17.6. The zero-order valence-electron chi connectivity index (χ0n) is 16.8. The maximum Gasteiger partial charge on any atom is 0.413 e. The molecular formula is C19H23F2N3O5S. The van der Waals surface area contributed by atoms with E-state index >= 15 is 0 Å². The first-order valence-electron chi connectivity index (χ1n) is 9.39. The zero-order chi connectivity index (χ0) is 22.3. The maximum absolute atomic E-state index is 15.0. The van der Waals surface area contributed by atoms with Crippen LogP contribution >= 0.6 is 11.8 Å². The lowest BCUT2D eigenvalue weighted by molar-refractivity contribution is -0.385. The average molecular weight is 443 g/mol. The SMILES string of the molecule is CC(C)(C)N(C(=O)O)C1=NC2(c3cc([N+](=O)[O-])ccc3F)CCOC(CF)C2CS1. The summed E-state index contributed by atoms with van der Waals surface area (Å²) in [6.45, 7) is 4.34. The molecule has 0 aromatic heterocycles. The van der Waals surface area contributed by atoms with Gasteiger partial charge in [-0.3, -0.25) is 15.0 Å². The van der Waals surface area contributed by atoms with Gasteiger partial charge in [0, 0.05) is 47.9 Å². The summed E-state index contributed by atoms with van der Waals surface area (Å²) in [6.07, 6.45) is -1.95. The number of carboxylic acid groups (broad SMARTS) is 1. The summed E-state index contributed by atoms with van der Waals surface area (Å²) >= 11 is 1.13. The predicted octanol–water partition coefficient (Wildman–Crippen LogP) is 4.19. The second-order valence-electron chi connectivity index (χ2n) is 8.26. The number of hydrogen-bond acceptors (Lipinski definition) is 6. The van der Waals surface area contributed by atoms with Crippen LogP contribution in [0.2, 0.25) is 0 Å². The van der Waals surface area contributed by atoms with Crippen molar-refractivity contribution in [1.82, 2.24) is 4.90 Å². The predicted molar refractivity (Wildman–Crippen MR) is 108 cm³/mol.